The molecule has 0 amide bonds. The topological polar surface area (TPSA) is 88.4 Å². The summed E-state index contributed by atoms with van der Waals surface area (Å²) >= 11 is 6.30. The molecule has 2 fully saturated rings. The Hall–Kier alpha value is -1.88. The van der Waals surface area contributed by atoms with Gasteiger partial charge in [0.1, 0.15) is 18.3 Å². The second-order valence-corrected chi connectivity index (χ2v) is 8.28. The molecular weight excluding hydrogens is 453 g/mol. The van der Waals surface area contributed by atoms with E-state index >= 15 is 0 Å². The molecule has 3 N–H and O–H groups in total. The zero-order chi connectivity index (χ0) is 23.3. The van der Waals surface area contributed by atoms with E-state index in [9.17, 15) is 28.5 Å². The molecule has 0 unspecified atom stereocenters. The van der Waals surface area contributed by atoms with Crippen molar-refractivity contribution in [2.24, 2.45) is 0 Å². The van der Waals surface area contributed by atoms with E-state index in [4.69, 9.17) is 25.8 Å². The maximum atomic E-state index is 14.2. The Kier molecular flexibility index (Phi) is 6.17. The van der Waals surface area contributed by atoms with Crippen LogP contribution in [0.4, 0.5) is 13.2 Å². The van der Waals surface area contributed by atoms with Gasteiger partial charge in [-0.1, -0.05) is 23.7 Å². The predicted octanol–water partition coefficient (Wildman–Crippen LogP) is 2.77. The van der Waals surface area contributed by atoms with Gasteiger partial charge in [-0.15, -0.1) is 0 Å². The molecule has 0 aromatic heterocycles. The van der Waals surface area contributed by atoms with E-state index in [2.05, 4.69) is 0 Å². The number of rotatable bonds is 6. The molecule has 2 aromatic rings. The molecule has 0 saturated carbocycles. The fourth-order valence-corrected chi connectivity index (χ4v) is 4.35. The first kappa shape index (κ1) is 23.3. The monoisotopic (exact) mass is 474 g/mol. The lowest BCUT2D eigenvalue weighted by atomic mass is 9.83. The summed E-state index contributed by atoms with van der Waals surface area (Å²) in [5.41, 5.74) is -1.31. The maximum absolute atomic E-state index is 14.2. The number of hydrogen-bond acceptors (Lipinski definition) is 6. The molecule has 10 heteroatoms. The second-order valence-electron chi connectivity index (χ2n) is 7.87. The van der Waals surface area contributed by atoms with Crippen LogP contribution in [0, 0.1) is 5.82 Å². The molecule has 0 aliphatic carbocycles. The highest BCUT2D eigenvalue weighted by Gasteiger charge is 2.70. The molecular formula is C22H22ClF3O6. The smallest absolute Gasteiger partial charge is 0.272 e. The average molecular weight is 475 g/mol. The minimum absolute atomic E-state index is 0.115. The van der Waals surface area contributed by atoms with Crippen LogP contribution in [0.1, 0.15) is 23.6 Å². The molecule has 2 aliphatic heterocycles. The minimum Gasteiger partial charge on any atom is -0.491 e. The first-order valence-corrected chi connectivity index (χ1v) is 10.4. The van der Waals surface area contributed by atoms with Gasteiger partial charge in [-0.25, -0.2) is 13.2 Å². The van der Waals surface area contributed by atoms with Crippen molar-refractivity contribution in [3.63, 3.8) is 0 Å². The summed E-state index contributed by atoms with van der Waals surface area (Å²) in [6, 6.07) is 8.81. The molecule has 32 heavy (non-hydrogen) atoms. The number of aliphatic hydroxyl groups excluding tert-OH is 3. The van der Waals surface area contributed by atoms with Crippen molar-refractivity contribution in [3.8, 4) is 5.75 Å². The average Bonchev–Trinajstić information content (AvgIpc) is 3.16. The Bertz CT molecular complexity index is 1010. The largest absolute Gasteiger partial charge is 0.491 e. The Balaban J connectivity index is 1.69. The fraction of sp³-hybridized carbons (Fsp3) is 0.455. The van der Waals surface area contributed by atoms with Gasteiger partial charge < -0.3 is 29.5 Å². The van der Waals surface area contributed by atoms with Crippen molar-refractivity contribution in [1.82, 2.24) is 0 Å². The number of halogens is 4. The quantitative estimate of drug-likeness (QED) is 0.597. The first-order valence-electron chi connectivity index (χ1n) is 10.0. The highest BCUT2D eigenvalue weighted by atomic mass is 35.5. The SMILES string of the molecule is CCOc1ccc(Cc2cc([C@]34OC[C@](C(F)F)(O3)[C@@H](O)[C@H](O)[C@H]4O)ccc2Cl)cc1F. The molecule has 2 bridgehead atoms. The third-order valence-electron chi connectivity index (χ3n) is 5.90. The van der Waals surface area contributed by atoms with Gasteiger partial charge >= 0.3 is 0 Å². The number of hydrogen-bond donors (Lipinski definition) is 3. The van der Waals surface area contributed by atoms with E-state index < -0.39 is 48.5 Å². The summed E-state index contributed by atoms with van der Waals surface area (Å²) in [7, 11) is 0. The van der Waals surface area contributed by atoms with Gasteiger partial charge in [0, 0.05) is 10.6 Å². The van der Waals surface area contributed by atoms with E-state index in [0.717, 1.165) is 0 Å². The summed E-state index contributed by atoms with van der Waals surface area (Å²) in [6.45, 7) is 1.32. The molecule has 6 nitrogen and oxygen atoms in total. The molecule has 174 valence electrons. The van der Waals surface area contributed by atoms with Crippen LogP contribution in [0.25, 0.3) is 0 Å². The summed E-state index contributed by atoms with van der Waals surface area (Å²) in [5, 5.41) is 31.3. The van der Waals surface area contributed by atoms with Gasteiger partial charge in [-0.05, 0) is 48.7 Å². The second kappa shape index (κ2) is 8.48. The van der Waals surface area contributed by atoms with Gasteiger partial charge in [0.2, 0.25) is 5.79 Å². The highest BCUT2D eigenvalue weighted by molar-refractivity contribution is 6.31. The number of aliphatic hydroxyl groups is 3. The molecule has 2 saturated heterocycles. The predicted molar refractivity (Wildman–Crippen MR) is 107 cm³/mol. The standard InChI is InChI=1S/C22H22ClF3O6/c1-2-30-16-6-3-11(8-15(16)24)7-12-9-13(4-5-14(12)23)22-19(29)17(27)18(28)21(32-22,10-31-22)20(25)26/h3-6,8-9,17-20,27-29H,2,7,10H2,1H3/t17-,18-,19+,21-,22-/m0/s1. The van der Waals surface area contributed by atoms with E-state index in [-0.39, 0.29) is 17.7 Å². The van der Waals surface area contributed by atoms with Crippen LogP contribution in [0.3, 0.4) is 0 Å². The van der Waals surface area contributed by atoms with Crippen LogP contribution in [0.2, 0.25) is 5.02 Å². The third-order valence-corrected chi connectivity index (χ3v) is 6.27. The lowest BCUT2D eigenvalue weighted by Gasteiger charge is -2.46. The van der Waals surface area contributed by atoms with E-state index in [0.29, 0.717) is 22.8 Å². The Labute approximate surface area is 187 Å². The molecule has 2 heterocycles. The van der Waals surface area contributed by atoms with Gasteiger partial charge in [0.25, 0.3) is 6.43 Å². The van der Waals surface area contributed by atoms with Crippen LogP contribution >= 0.6 is 11.6 Å². The summed E-state index contributed by atoms with van der Waals surface area (Å²) in [5.74, 6) is -2.55. The van der Waals surface area contributed by atoms with Gasteiger partial charge in [-0.3, -0.25) is 0 Å². The normalized spacial score (nSPS) is 31.8. The van der Waals surface area contributed by atoms with Gasteiger partial charge in [0.15, 0.2) is 17.2 Å². The van der Waals surface area contributed by atoms with Crippen molar-refractivity contribution in [2.75, 3.05) is 13.2 Å². The van der Waals surface area contributed by atoms with Gasteiger partial charge in [-0.2, -0.15) is 0 Å². The maximum Gasteiger partial charge on any atom is 0.272 e. The Morgan fingerprint density at radius 1 is 1.16 bits per heavy atom. The highest BCUT2D eigenvalue weighted by Crippen LogP contribution is 2.52. The van der Waals surface area contributed by atoms with Crippen LogP contribution in [0.15, 0.2) is 36.4 Å². The van der Waals surface area contributed by atoms with Crippen molar-refractivity contribution >= 4 is 11.6 Å². The molecule has 4 rings (SSSR count). The molecule has 2 aromatic carbocycles. The summed E-state index contributed by atoms with van der Waals surface area (Å²) in [6.07, 6.45) is -8.83. The van der Waals surface area contributed by atoms with Crippen LogP contribution < -0.4 is 4.74 Å². The lowest BCUT2D eigenvalue weighted by molar-refractivity contribution is -0.341. The summed E-state index contributed by atoms with van der Waals surface area (Å²) in [4.78, 5) is 0. The van der Waals surface area contributed by atoms with Crippen LogP contribution in [0.5, 0.6) is 5.75 Å². The number of alkyl halides is 2. The van der Waals surface area contributed by atoms with E-state index in [1.165, 1.54) is 30.3 Å². The first-order chi connectivity index (χ1) is 15.1. The molecule has 5 atom stereocenters. The van der Waals surface area contributed by atoms with Crippen molar-refractivity contribution in [1.29, 1.82) is 0 Å². The Morgan fingerprint density at radius 2 is 1.91 bits per heavy atom. The van der Waals surface area contributed by atoms with E-state index in [1.54, 1.807) is 13.0 Å². The van der Waals surface area contributed by atoms with Crippen molar-refractivity contribution < 1.29 is 42.7 Å². The zero-order valence-electron chi connectivity index (χ0n) is 17.0. The molecule has 2 aliphatic rings. The fourth-order valence-electron chi connectivity index (χ4n) is 4.16. The van der Waals surface area contributed by atoms with Crippen molar-refractivity contribution in [2.45, 2.75) is 49.5 Å². The summed E-state index contributed by atoms with van der Waals surface area (Å²) < 4.78 is 57.9. The van der Waals surface area contributed by atoms with Crippen LogP contribution in [-0.4, -0.2) is 58.9 Å². The zero-order valence-corrected chi connectivity index (χ0v) is 17.7. The van der Waals surface area contributed by atoms with Crippen molar-refractivity contribution in [3.05, 3.63) is 63.9 Å². The number of ether oxygens (including phenoxy) is 3. The third kappa shape index (κ3) is 3.57. The minimum atomic E-state index is -3.18. The van der Waals surface area contributed by atoms with Crippen LogP contribution in [-0.2, 0) is 21.7 Å². The molecule has 0 radical (unpaired) electrons. The lowest BCUT2D eigenvalue weighted by Crippen LogP contribution is -2.66. The van der Waals surface area contributed by atoms with Gasteiger partial charge in [0.05, 0.1) is 13.2 Å². The molecule has 0 spiro atoms. The Morgan fingerprint density at radius 3 is 2.56 bits per heavy atom. The number of benzene rings is 2. The van der Waals surface area contributed by atoms with E-state index in [1.807, 2.05) is 0 Å². The number of fused-ring (bicyclic) bond motifs is 2.